The first-order valence-corrected chi connectivity index (χ1v) is 4.17. The zero-order valence-corrected chi connectivity index (χ0v) is 6.85. The van der Waals surface area contributed by atoms with Crippen molar-refractivity contribution in [2.24, 2.45) is 0 Å². The van der Waals surface area contributed by atoms with Gasteiger partial charge in [0.15, 0.2) is 5.56 Å². The van der Waals surface area contributed by atoms with E-state index in [9.17, 15) is 9.59 Å². The van der Waals surface area contributed by atoms with Gasteiger partial charge in [-0.15, -0.1) is 0 Å². The van der Waals surface area contributed by atoms with Gasteiger partial charge in [-0.2, -0.15) is 0 Å². The lowest BCUT2D eigenvalue weighted by Crippen LogP contribution is -2.27. The second kappa shape index (κ2) is 3.23. The maximum atomic E-state index is 10.9. The van der Waals surface area contributed by atoms with Crippen LogP contribution in [0, 0.1) is 0 Å². The van der Waals surface area contributed by atoms with Gasteiger partial charge in [0.05, 0.1) is 5.25 Å². The third-order valence-corrected chi connectivity index (χ3v) is 2.41. The topological polar surface area (TPSA) is 66.4 Å². The van der Waals surface area contributed by atoms with Crippen LogP contribution in [0.3, 0.4) is 0 Å². The van der Waals surface area contributed by atoms with E-state index in [4.69, 9.17) is 5.11 Å². The number of rotatable bonds is 2. The Morgan fingerprint density at radius 3 is 2.82 bits per heavy atom. The highest BCUT2D eigenvalue weighted by molar-refractivity contribution is 8.01. The average molecular weight is 175 g/mol. The van der Waals surface area contributed by atoms with E-state index in [1.807, 2.05) is 0 Å². The van der Waals surface area contributed by atoms with Crippen molar-refractivity contribution in [2.75, 3.05) is 0 Å². The normalized spacial score (nSPS) is 30.2. The first-order chi connectivity index (χ1) is 5.09. The second-order valence-electron chi connectivity index (χ2n) is 2.39. The Morgan fingerprint density at radius 2 is 2.45 bits per heavy atom. The molecule has 1 rings (SSSR count). The Hall–Kier alpha value is -0.550. The highest BCUT2D eigenvalue weighted by Crippen LogP contribution is 2.24. The van der Waals surface area contributed by atoms with Crippen LogP contribution in [0.4, 0.5) is 0 Å². The number of Topliss-reactive ketones (excluding diaryl/α,β-unsaturated/α-hetero) is 1. The lowest BCUT2D eigenvalue weighted by Gasteiger charge is -2.00. The molecular weight excluding hydrogens is 166 g/mol. The van der Waals surface area contributed by atoms with Gasteiger partial charge in [-0.3, -0.25) is 9.59 Å². The van der Waals surface area contributed by atoms with Crippen LogP contribution in [0.2, 0.25) is 0 Å². The molecule has 5 heteroatoms. The highest BCUT2D eigenvalue weighted by atomic mass is 32.2. The van der Waals surface area contributed by atoms with Crippen molar-refractivity contribution in [1.29, 1.82) is 0 Å². The van der Waals surface area contributed by atoms with Crippen molar-refractivity contribution in [2.45, 2.75) is 24.2 Å². The number of ketones is 1. The number of carbonyl (C=O) groups excluding carboxylic acids is 2. The second-order valence-corrected chi connectivity index (χ2v) is 3.68. The van der Waals surface area contributed by atoms with E-state index in [1.165, 1.54) is 6.92 Å². The Morgan fingerprint density at radius 1 is 1.82 bits per heavy atom. The van der Waals surface area contributed by atoms with E-state index >= 15 is 0 Å². The van der Waals surface area contributed by atoms with Gasteiger partial charge in [0, 0.05) is 6.42 Å². The lowest BCUT2D eigenvalue weighted by atomic mass is 10.2. The molecular formula is C6H9NO3S. The zero-order valence-electron chi connectivity index (χ0n) is 6.03. The molecule has 4 nitrogen and oxygen atoms in total. The summed E-state index contributed by atoms with van der Waals surface area (Å²) in [4.78, 5) is 21.5. The molecule has 1 heterocycles. The van der Waals surface area contributed by atoms with Crippen LogP contribution in [0.15, 0.2) is 0 Å². The van der Waals surface area contributed by atoms with Crippen molar-refractivity contribution in [1.82, 2.24) is 5.32 Å². The van der Waals surface area contributed by atoms with Gasteiger partial charge in [-0.25, -0.2) is 0 Å². The first kappa shape index (κ1) is 8.55. The third kappa shape index (κ3) is 2.20. The van der Waals surface area contributed by atoms with Gasteiger partial charge < -0.3 is 10.4 Å². The van der Waals surface area contributed by atoms with E-state index in [1.54, 1.807) is 0 Å². The van der Waals surface area contributed by atoms with Crippen molar-refractivity contribution in [3.63, 3.8) is 0 Å². The summed E-state index contributed by atoms with van der Waals surface area (Å²) in [6, 6.07) is 0. The van der Waals surface area contributed by atoms with Crippen molar-refractivity contribution in [3.05, 3.63) is 0 Å². The molecule has 62 valence electrons. The average Bonchev–Trinajstić information content (AvgIpc) is 2.09. The lowest BCUT2D eigenvalue weighted by molar-refractivity contribution is -0.124. The minimum absolute atomic E-state index is 0.0354. The predicted molar refractivity (Wildman–Crippen MR) is 40.8 cm³/mol. The summed E-state index contributed by atoms with van der Waals surface area (Å²) in [5.41, 5.74) is -0.841. The van der Waals surface area contributed by atoms with Gasteiger partial charge in [-0.1, -0.05) is 11.8 Å². The summed E-state index contributed by atoms with van der Waals surface area (Å²) in [6.07, 6.45) is 0.202. The standard InChI is InChI=1S/C6H9NO3S/c1-3(8)2-4-5(9)7-6(10)11-4/h4,6,10H,2H2,1H3,(H,7,9). The summed E-state index contributed by atoms with van der Waals surface area (Å²) >= 11 is 1.08. The molecule has 0 aromatic rings. The smallest absolute Gasteiger partial charge is 0.236 e. The zero-order chi connectivity index (χ0) is 8.43. The molecule has 0 bridgehead atoms. The fraction of sp³-hybridized carbons (Fsp3) is 0.667. The van der Waals surface area contributed by atoms with Crippen LogP contribution in [-0.4, -0.2) is 27.6 Å². The quantitative estimate of drug-likeness (QED) is 0.592. The molecule has 0 aromatic heterocycles. The van der Waals surface area contributed by atoms with Crippen molar-refractivity contribution in [3.8, 4) is 0 Å². The fourth-order valence-corrected chi connectivity index (χ4v) is 1.89. The summed E-state index contributed by atoms with van der Waals surface area (Å²) in [6.45, 7) is 1.43. The largest absolute Gasteiger partial charge is 0.365 e. The Labute approximate surface area is 68.3 Å². The minimum Gasteiger partial charge on any atom is -0.365 e. The number of carbonyl (C=O) groups is 2. The maximum absolute atomic E-state index is 10.9. The molecule has 0 saturated carbocycles. The Bertz CT molecular complexity index is 194. The van der Waals surface area contributed by atoms with Gasteiger partial charge in [0.2, 0.25) is 5.91 Å². The van der Waals surface area contributed by atoms with Crippen LogP contribution in [0.1, 0.15) is 13.3 Å². The highest BCUT2D eigenvalue weighted by Gasteiger charge is 2.31. The van der Waals surface area contributed by atoms with Crippen LogP contribution in [0.25, 0.3) is 0 Å². The number of hydrogen-bond donors (Lipinski definition) is 2. The third-order valence-electron chi connectivity index (χ3n) is 1.32. The molecule has 0 spiro atoms. The predicted octanol–water partition coefficient (Wildman–Crippen LogP) is -0.527. The SMILES string of the molecule is CC(=O)CC1SC(O)NC1=O. The summed E-state index contributed by atoms with van der Waals surface area (Å²) in [5, 5.41) is 10.8. The van der Waals surface area contributed by atoms with Crippen LogP contribution >= 0.6 is 11.8 Å². The molecule has 1 fully saturated rings. The van der Waals surface area contributed by atoms with E-state index in [2.05, 4.69) is 5.32 Å². The molecule has 0 aliphatic carbocycles. The van der Waals surface area contributed by atoms with Crippen LogP contribution in [-0.2, 0) is 9.59 Å². The van der Waals surface area contributed by atoms with Gasteiger partial charge in [-0.05, 0) is 6.92 Å². The first-order valence-electron chi connectivity index (χ1n) is 3.23. The monoisotopic (exact) mass is 175 g/mol. The number of amides is 1. The molecule has 1 aliphatic rings. The number of thioether (sulfide) groups is 1. The van der Waals surface area contributed by atoms with Crippen LogP contribution in [0.5, 0.6) is 0 Å². The molecule has 1 amide bonds. The van der Waals surface area contributed by atoms with Gasteiger partial charge >= 0.3 is 0 Å². The summed E-state index contributed by atoms with van der Waals surface area (Å²) in [7, 11) is 0. The molecule has 2 unspecified atom stereocenters. The molecule has 2 atom stereocenters. The van der Waals surface area contributed by atoms with Gasteiger partial charge in [0.1, 0.15) is 5.78 Å². The molecule has 2 N–H and O–H groups in total. The van der Waals surface area contributed by atoms with E-state index in [-0.39, 0.29) is 18.1 Å². The number of aliphatic hydroxyl groups excluding tert-OH is 1. The summed E-state index contributed by atoms with van der Waals surface area (Å²) in [5.74, 6) is -0.288. The molecule has 0 radical (unpaired) electrons. The molecule has 1 saturated heterocycles. The Balaban J connectivity index is 2.47. The number of hydrogen-bond acceptors (Lipinski definition) is 4. The fourth-order valence-electron chi connectivity index (χ4n) is 0.868. The Kier molecular flexibility index (Phi) is 2.51. The molecule has 1 aliphatic heterocycles. The van der Waals surface area contributed by atoms with E-state index < -0.39 is 10.8 Å². The van der Waals surface area contributed by atoms with Crippen molar-refractivity contribution >= 4 is 23.5 Å². The van der Waals surface area contributed by atoms with E-state index in [0.29, 0.717) is 0 Å². The number of nitrogens with one attached hydrogen (secondary N) is 1. The molecule has 11 heavy (non-hydrogen) atoms. The number of aliphatic hydroxyl groups is 1. The molecule has 0 aromatic carbocycles. The summed E-state index contributed by atoms with van der Waals surface area (Å²) < 4.78 is 0. The van der Waals surface area contributed by atoms with Crippen molar-refractivity contribution < 1.29 is 14.7 Å². The minimum atomic E-state index is -0.841. The van der Waals surface area contributed by atoms with E-state index in [0.717, 1.165) is 11.8 Å². The maximum Gasteiger partial charge on any atom is 0.236 e. The van der Waals surface area contributed by atoms with Gasteiger partial charge in [0.25, 0.3) is 0 Å². The van der Waals surface area contributed by atoms with Crippen LogP contribution < -0.4 is 5.32 Å².